The number of halogens is 6. The van der Waals surface area contributed by atoms with Gasteiger partial charge in [-0.25, -0.2) is 8.78 Å². The van der Waals surface area contributed by atoms with Crippen molar-refractivity contribution in [2.24, 2.45) is 11.8 Å². The van der Waals surface area contributed by atoms with Crippen molar-refractivity contribution in [3.05, 3.63) is 64.2 Å². The van der Waals surface area contributed by atoms with Gasteiger partial charge in [-0.2, -0.15) is 13.2 Å². The van der Waals surface area contributed by atoms with Crippen LogP contribution in [0.1, 0.15) is 63.0 Å². The van der Waals surface area contributed by atoms with Crippen LogP contribution in [0.5, 0.6) is 0 Å². The molecule has 2 aromatic rings. The van der Waals surface area contributed by atoms with E-state index in [-0.39, 0.29) is 27.8 Å². The summed E-state index contributed by atoms with van der Waals surface area (Å²) in [5, 5.41) is -0.206. The standard InChI is InChI=1S/C26H28ClF5/c1-2-3-17-4-6-18(7-5-17)8-9-19-10-11-21(24(28)14-19)20-15-23(27)22(25(29)16-20)12-13-26(30,31)32/h10-18H,2-9H2,1H3/b13-12+. The van der Waals surface area contributed by atoms with Gasteiger partial charge < -0.3 is 0 Å². The summed E-state index contributed by atoms with van der Waals surface area (Å²) in [5.74, 6) is 0.102. The average molecular weight is 471 g/mol. The van der Waals surface area contributed by atoms with Crippen LogP contribution in [0.25, 0.3) is 17.2 Å². The summed E-state index contributed by atoms with van der Waals surface area (Å²) in [6.07, 6.45) is 5.32. The fraction of sp³-hybridized carbons (Fsp3) is 0.462. The van der Waals surface area contributed by atoms with Crippen LogP contribution >= 0.6 is 11.6 Å². The van der Waals surface area contributed by atoms with Gasteiger partial charge in [-0.3, -0.25) is 0 Å². The smallest absolute Gasteiger partial charge is 0.206 e. The number of aryl methyl sites for hydroxylation is 1. The summed E-state index contributed by atoms with van der Waals surface area (Å²) in [6.45, 7) is 2.23. The van der Waals surface area contributed by atoms with Crippen molar-refractivity contribution < 1.29 is 22.0 Å². The zero-order chi connectivity index (χ0) is 23.3. The molecule has 0 aromatic heterocycles. The van der Waals surface area contributed by atoms with Gasteiger partial charge in [0.05, 0.1) is 5.02 Å². The molecule has 0 amide bonds. The highest BCUT2D eigenvalue weighted by atomic mass is 35.5. The van der Waals surface area contributed by atoms with E-state index in [1.54, 1.807) is 6.07 Å². The van der Waals surface area contributed by atoms with Crippen molar-refractivity contribution in [1.29, 1.82) is 0 Å². The summed E-state index contributed by atoms with van der Waals surface area (Å²) in [7, 11) is 0. The number of alkyl halides is 3. The first-order chi connectivity index (χ1) is 15.2. The molecule has 0 saturated heterocycles. The second kappa shape index (κ2) is 10.8. The Labute approximate surface area is 191 Å². The number of rotatable bonds is 7. The summed E-state index contributed by atoms with van der Waals surface area (Å²) in [4.78, 5) is 0. The fourth-order valence-corrected chi connectivity index (χ4v) is 4.88. The predicted octanol–water partition coefficient (Wildman–Crippen LogP) is 9.40. The van der Waals surface area contributed by atoms with E-state index in [2.05, 4.69) is 6.92 Å². The van der Waals surface area contributed by atoms with E-state index >= 15 is 0 Å². The minimum absolute atomic E-state index is 0.0807. The maximum Gasteiger partial charge on any atom is 0.409 e. The van der Waals surface area contributed by atoms with E-state index in [1.165, 1.54) is 50.7 Å². The van der Waals surface area contributed by atoms with E-state index in [1.807, 2.05) is 6.07 Å². The fourth-order valence-electron chi connectivity index (χ4n) is 4.61. The van der Waals surface area contributed by atoms with Crippen molar-refractivity contribution in [1.82, 2.24) is 0 Å². The van der Waals surface area contributed by atoms with Gasteiger partial charge in [0, 0.05) is 17.2 Å². The Hall–Kier alpha value is -1.88. The third kappa shape index (κ3) is 6.81. The van der Waals surface area contributed by atoms with Gasteiger partial charge in [0.1, 0.15) is 11.6 Å². The van der Waals surface area contributed by atoms with E-state index in [0.29, 0.717) is 12.0 Å². The Morgan fingerprint density at radius 2 is 1.59 bits per heavy atom. The maximum atomic E-state index is 14.8. The minimum Gasteiger partial charge on any atom is -0.206 e. The monoisotopic (exact) mass is 470 g/mol. The van der Waals surface area contributed by atoms with Crippen LogP contribution in [0.3, 0.4) is 0 Å². The topological polar surface area (TPSA) is 0 Å². The number of allylic oxidation sites excluding steroid dienone is 1. The van der Waals surface area contributed by atoms with Crippen LogP contribution in [-0.4, -0.2) is 6.18 Å². The normalized spacial score (nSPS) is 19.6. The van der Waals surface area contributed by atoms with Gasteiger partial charge in [0.15, 0.2) is 0 Å². The van der Waals surface area contributed by atoms with E-state index in [9.17, 15) is 22.0 Å². The zero-order valence-corrected chi connectivity index (χ0v) is 18.9. The molecule has 1 fully saturated rings. The zero-order valence-electron chi connectivity index (χ0n) is 18.1. The molecule has 0 radical (unpaired) electrons. The number of benzene rings is 2. The molecule has 0 N–H and O–H groups in total. The van der Waals surface area contributed by atoms with Crippen LogP contribution in [0, 0.1) is 23.5 Å². The van der Waals surface area contributed by atoms with Gasteiger partial charge in [0.2, 0.25) is 0 Å². The lowest BCUT2D eigenvalue weighted by Gasteiger charge is -2.28. The lowest BCUT2D eigenvalue weighted by molar-refractivity contribution is -0.0790. The molecule has 32 heavy (non-hydrogen) atoms. The SMILES string of the molecule is CCCC1CCC(CCc2ccc(-c3cc(F)c(/C=C/C(F)(F)F)c(Cl)c3)c(F)c2)CC1. The Kier molecular flexibility index (Phi) is 8.37. The van der Waals surface area contributed by atoms with Crippen molar-refractivity contribution in [3.8, 4) is 11.1 Å². The molecule has 0 aliphatic heterocycles. The van der Waals surface area contributed by atoms with Crippen molar-refractivity contribution >= 4 is 17.7 Å². The molecule has 0 nitrogen and oxygen atoms in total. The van der Waals surface area contributed by atoms with Crippen LogP contribution in [0.4, 0.5) is 22.0 Å². The molecular formula is C26H28ClF5. The third-order valence-corrected chi connectivity index (χ3v) is 6.68. The van der Waals surface area contributed by atoms with Gasteiger partial charge in [-0.05, 0) is 60.1 Å². The quantitative estimate of drug-likeness (QED) is 0.353. The van der Waals surface area contributed by atoms with Gasteiger partial charge in [-0.15, -0.1) is 0 Å². The second-order valence-corrected chi connectivity index (χ2v) is 9.16. The highest BCUT2D eigenvalue weighted by Gasteiger charge is 2.23. The molecular weight excluding hydrogens is 443 g/mol. The molecule has 0 unspecified atom stereocenters. The molecule has 1 aliphatic rings. The highest BCUT2D eigenvalue weighted by molar-refractivity contribution is 6.32. The first-order valence-electron chi connectivity index (χ1n) is 11.2. The molecule has 2 aromatic carbocycles. The van der Waals surface area contributed by atoms with E-state index < -0.39 is 17.8 Å². The highest BCUT2D eigenvalue weighted by Crippen LogP contribution is 2.35. The van der Waals surface area contributed by atoms with E-state index in [4.69, 9.17) is 11.6 Å². The van der Waals surface area contributed by atoms with E-state index in [0.717, 1.165) is 30.4 Å². The minimum atomic E-state index is -4.58. The Morgan fingerprint density at radius 1 is 0.938 bits per heavy atom. The predicted molar refractivity (Wildman–Crippen MR) is 121 cm³/mol. The van der Waals surface area contributed by atoms with Crippen LogP contribution in [-0.2, 0) is 6.42 Å². The van der Waals surface area contributed by atoms with Crippen molar-refractivity contribution in [2.45, 2.75) is 64.5 Å². The Bertz CT molecular complexity index is 917. The molecule has 0 spiro atoms. The van der Waals surface area contributed by atoms with Crippen LogP contribution in [0.2, 0.25) is 5.02 Å². The van der Waals surface area contributed by atoms with Gasteiger partial charge in [0.25, 0.3) is 0 Å². The molecule has 0 heterocycles. The lowest BCUT2D eigenvalue weighted by Crippen LogP contribution is -2.15. The molecule has 3 rings (SSSR count). The summed E-state index contributed by atoms with van der Waals surface area (Å²) >= 11 is 5.98. The summed E-state index contributed by atoms with van der Waals surface area (Å²) < 4.78 is 66.2. The summed E-state index contributed by atoms with van der Waals surface area (Å²) in [5.41, 5.74) is 0.868. The third-order valence-electron chi connectivity index (χ3n) is 6.37. The Balaban J connectivity index is 1.67. The first kappa shape index (κ1) is 24.8. The second-order valence-electron chi connectivity index (χ2n) is 8.76. The van der Waals surface area contributed by atoms with Crippen molar-refractivity contribution in [2.75, 3.05) is 0 Å². The molecule has 6 heteroatoms. The molecule has 174 valence electrons. The molecule has 1 saturated carbocycles. The van der Waals surface area contributed by atoms with Crippen LogP contribution in [0.15, 0.2) is 36.4 Å². The van der Waals surface area contributed by atoms with Gasteiger partial charge >= 0.3 is 6.18 Å². The molecule has 0 atom stereocenters. The number of hydrogen-bond acceptors (Lipinski definition) is 0. The van der Waals surface area contributed by atoms with Crippen LogP contribution < -0.4 is 0 Å². The largest absolute Gasteiger partial charge is 0.409 e. The Morgan fingerprint density at radius 3 is 2.16 bits per heavy atom. The average Bonchev–Trinajstić information content (AvgIpc) is 2.72. The van der Waals surface area contributed by atoms with Crippen molar-refractivity contribution in [3.63, 3.8) is 0 Å². The summed E-state index contributed by atoms with van der Waals surface area (Å²) in [6, 6.07) is 7.16. The lowest BCUT2D eigenvalue weighted by atomic mass is 9.78. The first-order valence-corrected chi connectivity index (χ1v) is 11.6. The molecule has 1 aliphatic carbocycles. The maximum absolute atomic E-state index is 14.8. The number of hydrogen-bond donors (Lipinski definition) is 0. The molecule has 0 bridgehead atoms. The van der Waals surface area contributed by atoms with Gasteiger partial charge in [-0.1, -0.05) is 69.2 Å².